The molecule has 1 aromatic heterocycles. The van der Waals surface area contributed by atoms with Gasteiger partial charge in [-0.05, 0) is 30.7 Å². The molecule has 0 aromatic carbocycles. The van der Waals surface area contributed by atoms with Gasteiger partial charge in [0.15, 0.2) is 0 Å². The molecule has 0 aliphatic heterocycles. The van der Waals surface area contributed by atoms with E-state index in [4.69, 9.17) is 0 Å². The van der Waals surface area contributed by atoms with Crippen LogP contribution < -0.4 is 10.6 Å². The maximum Gasteiger partial charge on any atom is 0.127 e. The average molecular weight is 247 g/mol. The Morgan fingerprint density at radius 1 is 1.33 bits per heavy atom. The molecule has 1 aromatic rings. The monoisotopic (exact) mass is 247 g/mol. The van der Waals surface area contributed by atoms with E-state index in [-0.39, 0.29) is 0 Å². The molecule has 0 bridgehead atoms. The smallest absolute Gasteiger partial charge is 0.127 e. The molecule has 0 amide bonds. The number of nitrogens with zero attached hydrogens (tertiary/aromatic N) is 1. The molecule has 1 fully saturated rings. The fourth-order valence-corrected chi connectivity index (χ4v) is 2.66. The van der Waals surface area contributed by atoms with E-state index in [2.05, 4.69) is 41.6 Å². The molecular formula is C15H25N3. The zero-order valence-electron chi connectivity index (χ0n) is 11.6. The lowest BCUT2D eigenvalue weighted by Crippen LogP contribution is -2.16. The van der Waals surface area contributed by atoms with Gasteiger partial charge in [-0.25, -0.2) is 4.98 Å². The third kappa shape index (κ3) is 3.62. The standard InChI is InChI=1S/C15H25N3/c1-3-8-16-15-10-14(7-9-17-15)18-11-13-6-4-5-12(13)2/h7,9-10,12-13H,3-6,8,11H2,1-2H3,(H2,16,17,18). The normalized spacial score (nSPS) is 23.0. The van der Waals surface area contributed by atoms with E-state index >= 15 is 0 Å². The van der Waals surface area contributed by atoms with E-state index in [9.17, 15) is 0 Å². The van der Waals surface area contributed by atoms with Gasteiger partial charge >= 0.3 is 0 Å². The first-order valence-electron chi connectivity index (χ1n) is 7.23. The minimum Gasteiger partial charge on any atom is -0.385 e. The highest BCUT2D eigenvalue weighted by Crippen LogP contribution is 2.31. The Hall–Kier alpha value is -1.25. The van der Waals surface area contributed by atoms with Crippen LogP contribution in [0.3, 0.4) is 0 Å². The molecule has 2 rings (SSSR count). The van der Waals surface area contributed by atoms with E-state index in [1.807, 2.05) is 6.20 Å². The predicted octanol–water partition coefficient (Wildman–Crippen LogP) is 3.75. The molecule has 2 N–H and O–H groups in total. The Bertz CT molecular complexity index is 365. The van der Waals surface area contributed by atoms with Crippen LogP contribution in [-0.2, 0) is 0 Å². The molecule has 2 unspecified atom stereocenters. The van der Waals surface area contributed by atoms with Crippen LogP contribution in [0.5, 0.6) is 0 Å². The quantitative estimate of drug-likeness (QED) is 0.804. The number of hydrogen-bond donors (Lipinski definition) is 2. The highest BCUT2D eigenvalue weighted by atomic mass is 15.0. The third-order valence-corrected chi connectivity index (χ3v) is 3.92. The van der Waals surface area contributed by atoms with Crippen LogP contribution in [-0.4, -0.2) is 18.1 Å². The van der Waals surface area contributed by atoms with Gasteiger partial charge in [0.25, 0.3) is 0 Å². The largest absolute Gasteiger partial charge is 0.385 e. The van der Waals surface area contributed by atoms with Crippen molar-refractivity contribution in [2.75, 3.05) is 23.7 Å². The molecule has 1 heterocycles. The van der Waals surface area contributed by atoms with Gasteiger partial charge in [-0.15, -0.1) is 0 Å². The summed E-state index contributed by atoms with van der Waals surface area (Å²) in [7, 11) is 0. The van der Waals surface area contributed by atoms with E-state index < -0.39 is 0 Å². The molecule has 3 heteroatoms. The molecular weight excluding hydrogens is 222 g/mol. The van der Waals surface area contributed by atoms with Crippen molar-refractivity contribution in [1.29, 1.82) is 0 Å². The van der Waals surface area contributed by atoms with Gasteiger partial charge in [0.1, 0.15) is 5.82 Å². The summed E-state index contributed by atoms with van der Waals surface area (Å²) in [5.41, 5.74) is 1.18. The molecule has 2 atom stereocenters. The Kier molecular flexibility index (Phi) is 4.85. The van der Waals surface area contributed by atoms with Gasteiger partial charge in [0.05, 0.1) is 0 Å². The SMILES string of the molecule is CCCNc1cc(NCC2CCCC2C)ccn1. The lowest BCUT2D eigenvalue weighted by Gasteiger charge is -2.17. The Balaban J connectivity index is 1.84. The molecule has 3 nitrogen and oxygen atoms in total. The van der Waals surface area contributed by atoms with E-state index in [0.717, 1.165) is 37.2 Å². The maximum absolute atomic E-state index is 4.32. The van der Waals surface area contributed by atoms with Crippen molar-refractivity contribution in [1.82, 2.24) is 4.98 Å². The highest BCUT2D eigenvalue weighted by Gasteiger charge is 2.22. The molecule has 1 aliphatic rings. The summed E-state index contributed by atoms with van der Waals surface area (Å²) in [5, 5.41) is 6.87. The van der Waals surface area contributed by atoms with Crippen molar-refractivity contribution < 1.29 is 0 Å². The first kappa shape index (κ1) is 13.2. The van der Waals surface area contributed by atoms with Gasteiger partial charge in [0.2, 0.25) is 0 Å². The summed E-state index contributed by atoms with van der Waals surface area (Å²) < 4.78 is 0. The number of nitrogens with one attached hydrogen (secondary N) is 2. The number of aromatic nitrogens is 1. The second-order valence-corrected chi connectivity index (χ2v) is 5.41. The third-order valence-electron chi connectivity index (χ3n) is 3.92. The summed E-state index contributed by atoms with van der Waals surface area (Å²) >= 11 is 0. The van der Waals surface area contributed by atoms with Crippen LogP contribution in [0.1, 0.15) is 39.5 Å². The zero-order valence-corrected chi connectivity index (χ0v) is 11.6. The summed E-state index contributed by atoms with van der Waals surface area (Å²) in [6, 6.07) is 4.16. The minimum absolute atomic E-state index is 0.838. The fourth-order valence-electron chi connectivity index (χ4n) is 2.66. The van der Waals surface area contributed by atoms with Crippen LogP contribution in [0, 0.1) is 11.8 Å². The maximum atomic E-state index is 4.32. The molecule has 0 saturated heterocycles. The van der Waals surface area contributed by atoms with Crippen LogP contribution >= 0.6 is 0 Å². The van der Waals surface area contributed by atoms with E-state index in [0.29, 0.717) is 0 Å². The summed E-state index contributed by atoms with van der Waals surface area (Å²) in [5.74, 6) is 2.68. The number of hydrogen-bond acceptors (Lipinski definition) is 3. The van der Waals surface area contributed by atoms with Crippen LogP contribution in [0.15, 0.2) is 18.3 Å². The van der Waals surface area contributed by atoms with Crippen molar-refractivity contribution in [2.45, 2.75) is 39.5 Å². The zero-order chi connectivity index (χ0) is 12.8. The van der Waals surface area contributed by atoms with Gasteiger partial charge < -0.3 is 10.6 Å². The van der Waals surface area contributed by atoms with Crippen LogP contribution in [0.2, 0.25) is 0 Å². The summed E-state index contributed by atoms with van der Waals surface area (Å²) in [6.45, 7) is 6.62. The summed E-state index contributed by atoms with van der Waals surface area (Å²) in [4.78, 5) is 4.32. The predicted molar refractivity (Wildman–Crippen MR) is 78.0 cm³/mol. The number of anilines is 2. The number of rotatable bonds is 6. The van der Waals surface area contributed by atoms with Crippen LogP contribution in [0.4, 0.5) is 11.5 Å². The van der Waals surface area contributed by atoms with Gasteiger partial charge in [0, 0.05) is 31.0 Å². The van der Waals surface area contributed by atoms with Gasteiger partial charge in [-0.3, -0.25) is 0 Å². The van der Waals surface area contributed by atoms with Crippen molar-refractivity contribution in [3.63, 3.8) is 0 Å². The van der Waals surface area contributed by atoms with E-state index in [1.54, 1.807) is 0 Å². The first-order chi connectivity index (χ1) is 8.79. The lowest BCUT2D eigenvalue weighted by molar-refractivity contribution is 0.439. The Morgan fingerprint density at radius 3 is 2.94 bits per heavy atom. The Morgan fingerprint density at radius 2 is 2.22 bits per heavy atom. The topological polar surface area (TPSA) is 37.0 Å². The highest BCUT2D eigenvalue weighted by molar-refractivity contribution is 5.51. The number of pyridine rings is 1. The van der Waals surface area contributed by atoms with Crippen molar-refractivity contribution in [3.05, 3.63) is 18.3 Å². The molecule has 0 spiro atoms. The molecule has 0 radical (unpaired) electrons. The van der Waals surface area contributed by atoms with Gasteiger partial charge in [-0.1, -0.05) is 26.7 Å². The van der Waals surface area contributed by atoms with E-state index in [1.165, 1.54) is 24.9 Å². The van der Waals surface area contributed by atoms with Crippen molar-refractivity contribution in [3.8, 4) is 0 Å². The van der Waals surface area contributed by atoms with Crippen molar-refractivity contribution >= 4 is 11.5 Å². The van der Waals surface area contributed by atoms with Crippen LogP contribution in [0.25, 0.3) is 0 Å². The second-order valence-electron chi connectivity index (χ2n) is 5.41. The molecule has 1 aliphatic carbocycles. The minimum atomic E-state index is 0.838. The first-order valence-corrected chi connectivity index (χ1v) is 7.23. The second kappa shape index (κ2) is 6.62. The fraction of sp³-hybridized carbons (Fsp3) is 0.667. The Labute approximate surface area is 110 Å². The molecule has 18 heavy (non-hydrogen) atoms. The lowest BCUT2D eigenvalue weighted by atomic mass is 9.98. The molecule has 100 valence electrons. The summed E-state index contributed by atoms with van der Waals surface area (Å²) in [6.07, 6.45) is 7.16. The van der Waals surface area contributed by atoms with Crippen molar-refractivity contribution in [2.24, 2.45) is 11.8 Å². The molecule has 1 saturated carbocycles. The average Bonchev–Trinajstić information content (AvgIpc) is 2.80. The van der Waals surface area contributed by atoms with Gasteiger partial charge in [-0.2, -0.15) is 0 Å².